The Bertz CT molecular complexity index is 112. The van der Waals surface area contributed by atoms with E-state index in [0.29, 0.717) is 0 Å². The van der Waals surface area contributed by atoms with Crippen LogP contribution in [0.3, 0.4) is 0 Å². The molecule has 0 saturated carbocycles. The molecule has 0 amide bonds. The van der Waals surface area contributed by atoms with E-state index in [-0.39, 0.29) is 0 Å². The van der Waals surface area contributed by atoms with Crippen molar-refractivity contribution in [2.45, 2.75) is 20.3 Å². The molecule has 0 saturated heterocycles. The van der Waals surface area contributed by atoms with E-state index >= 15 is 0 Å². The second-order valence-corrected chi connectivity index (χ2v) is 2.33. The Morgan fingerprint density at radius 2 is 2.11 bits per heavy atom. The van der Waals surface area contributed by atoms with Gasteiger partial charge in [-0.15, -0.1) is 11.8 Å². The van der Waals surface area contributed by atoms with E-state index in [9.17, 15) is 0 Å². The lowest BCUT2D eigenvalue weighted by Gasteiger charge is -1.84. The molecule has 0 aromatic heterocycles. The van der Waals surface area contributed by atoms with Crippen LogP contribution in [0.4, 0.5) is 0 Å². The monoisotopic (exact) mass is 142 g/mol. The Morgan fingerprint density at radius 1 is 1.44 bits per heavy atom. The summed E-state index contributed by atoms with van der Waals surface area (Å²) in [5, 5.41) is 0. The lowest BCUT2D eigenvalue weighted by molar-refractivity contribution is 1.45. The van der Waals surface area contributed by atoms with Gasteiger partial charge in [0.15, 0.2) is 0 Å². The number of allylic oxidation sites excluding steroid dienone is 3. The van der Waals surface area contributed by atoms with Gasteiger partial charge in [-0.3, -0.25) is 0 Å². The lowest BCUT2D eigenvalue weighted by atomic mass is 10.5. The first kappa shape index (κ1) is 8.83. The smallest absolute Gasteiger partial charge is 0.00292 e. The first-order valence-electron chi connectivity index (χ1n) is 3.34. The first-order chi connectivity index (χ1) is 4.43. The van der Waals surface area contributed by atoms with Crippen LogP contribution in [0.15, 0.2) is 23.1 Å². The van der Waals surface area contributed by atoms with Gasteiger partial charge in [-0.2, -0.15) is 0 Å². The standard InChI is InChI=1S/C6H8S.C2H6/c1-7-6-4-2-3-5-6;1-2/h2,4-5H,3H2,1H3;1-2H3. The summed E-state index contributed by atoms with van der Waals surface area (Å²) in [5.41, 5.74) is 0. The first-order valence-corrected chi connectivity index (χ1v) is 4.56. The summed E-state index contributed by atoms with van der Waals surface area (Å²) in [6.45, 7) is 4.00. The van der Waals surface area contributed by atoms with Crippen molar-refractivity contribution >= 4 is 11.8 Å². The predicted molar refractivity (Wildman–Crippen MR) is 46.7 cm³/mol. The summed E-state index contributed by atoms with van der Waals surface area (Å²) >= 11 is 1.81. The van der Waals surface area contributed by atoms with Crippen LogP contribution in [0.5, 0.6) is 0 Å². The van der Waals surface area contributed by atoms with Gasteiger partial charge >= 0.3 is 0 Å². The van der Waals surface area contributed by atoms with Gasteiger partial charge in [0, 0.05) is 4.91 Å². The van der Waals surface area contributed by atoms with Crippen molar-refractivity contribution in [2.24, 2.45) is 0 Å². The number of hydrogen-bond donors (Lipinski definition) is 0. The molecular formula is C8H14S. The third-order valence-electron chi connectivity index (χ3n) is 0.973. The molecule has 0 unspecified atom stereocenters. The third kappa shape index (κ3) is 3.41. The molecule has 0 fully saturated rings. The highest BCUT2D eigenvalue weighted by atomic mass is 32.2. The topological polar surface area (TPSA) is 0 Å². The van der Waals surface area contributed by atoms with Crippen LogP contribution in [-0.4, -0.2) is 6.26 Å². The van der Waals surface area contributed by atoms with Crippen molar-refractivity contribution in [1.29, 1.82) is 0 Å². The molecule has 0 aromatic carbocycles. The molecule has 1 aliphatic carbocycles. The zero-order valence-corrected chi connectivity index (χ0v) is 7.16. The molecular weight excluding hydrogens is 128 g/mol. The molecule has 0 spiro atoms. The van der Waals surface area contributed by atoms with Gasteiger partial charge in [-0.25, -0.2) is 0 Å². The minimum atomic E-state index is 1.14. The van der Waals surface area contributed by atoms with Gasteiger partial charge in [0.2, 0.25) is 0 Å². The molecule has 0 bridgehead atoms. The predicted octanol–water partition coefficient (Wildman–Crippen LogP) is 3.22. The molecule has 9 heavy (non-hydrogen) atoms. The fourth-order valence-corrected chi connectivity index (χ4v) is 1.08. The van der Waals surface area contributed by atoms with E-state index in [0.717, 1.165) is 6.42 Å². The summed E-state index contributed by atoms with van der Waals surface area (Å²) in [7, 11) is 0. The molecule has 0 aliphatic heterocycles. The molecule has 0 N–H and O–H groups in total. The summed E-state index contributed by atoms with van der Waals surface area (Å²) in [6.07, 6.45) is 9.79. The van der Waals surface area contributed by atoms with Crippen molar-refractivity contribution in [3.05, 3.63) is 23.1 Å². The fraction of sp³-hybridized carbons (Fsp3) is 0.500. The van der Waals surface area contributed by atoms with Crippen LogP contribution in [0.2, 0.25) is 0 Å². The van der Waals surface area contributed by atoms with Crippen molar-refractivity contribution in [1.82, 2.24) is 0 Å². The highest BCUT2D eigenvalue weighted by Crippen LogP contribution is 2.18. The van der Waals surface area contributed by atoms with Crippen LogP contribution in [-0.2, 0) is 0 Å². The Morgan fingerprint density at radius 3 is 2.33 bits per heavy atom. The van der Waals surface area contributed by atoms with Crippen molar-refractivity contribution in [2.75, 3.05) is 6.26 Å². The number of hydrogen-bond acceptors (Lipinski definition) is 1. The van der Waals surface area contributed by atoms with Gasteiger partial charge < -0.3 is 0 Å². The maximum atomic E-state index is 2.23. The highest BCUT2D eigenvalue weighted by Gasteiger charge is 1.90. The maximum Gasteiger partial charge on any atom is 0.00292 e. The largest absolute Gasteiger partial charge is 0.130 e. The summed E-state index contributed by atoms with van der Waals surface area (Å²) in [6, 6.07) is 0. The zero-order valence-electron chi connectivity index (χ0n) is 6.35. The van der Waals surface area contributed by atoms with Crippen LogP contribution >= 0.6 is 11.8 Å². The molecule has 1 heteroatoms. The van der Waals surface area contributed by atoms with Crippen molar-refractivity contribution in [3.63, 3.8) is 0 Å². The van der Waals surface area contributed by atoms with Crippen LogP contribution in [0, 0.1) is 0 Å². The quantitative estimate of drug-likeness (QED) is 0.541. The molecule has 0 aromatic rings. The van der Waals surface area contributed by atoms with Crippen LogP contribution < -0.4 is 0 Å². The maximum absolute atomic E-state index is 2.23. The molecule has 52 valence electrons. The molecule has 1 rings (SSSR count). The summed E-state index contributed by atoms with van der Waals surface area (Å²) < 4.78 is 0. The van der Waals surface area contributed by atoms with E-state index < -0.39 is 0 Å². The minimum Gasteiger partial charge on any atom is -0.130 e. The Balaban J connectivity index is 0.000000291. The van der Waals surface area contributed by atoms with Gasteiger partial charge in [0.05, 0.1) is 0 Å². The van der Waals surface area contributed by atoms with Gasteiger partial charge in [0.1, 0.15) is 0 Å². The molecule has 0 heterocycles. The third-order valence-corrected chi connectivity index (χ3v) is 1.75. The Kier molecular flexibility index (Phi) is 5.85. The average Bonchev–Trinajstić information content (AvgIpc) is 2.43. The van der Waals surface area contributed by atoms with E-state index in [1.807, 2.05) is 13.8 Å². The van der Waals surface area contributed by atoms with Crippen molar-refractivity contribution in [3.8, 4) is 0 Å². The van der Waals surface area contributed by atoms with Crippen molar-refractivity contribution < 1.29 is 0 Å². The molecule has 1 aliphatic rings. The molecule has 0 radical (unpaired) electrons. The second-order valence-electron chi connectivity index (χ2n) is 1.45. The lowest BCUT2D eigenvalue weighted by Crippen LogP contribution is -1.56. The average molecular weight is 142 g/mol. The number of thioether (sulfide) groups is 1. The van der Waals surface area contributed by atoms with E-state index in [2.05, 4.69) is 24.5 Å². The number of rotatable bonds is 1. The zero-order chi connectivity index (χ0) is 7.11. The SMILES string of the molecule is CC.CSC1=CCC=C1. The Hall–Kier alpha value is -0.170. The normalized spacial score (nSPS) is 14.3. The fourth-order valence-electron chi connectivity index (χ4n) is 0.588. The second kappa shape index (κ2) is 5.96. The summed E-state index contributed by atoms with van der Waals surface area (Å²) in [5.74, 6) is 0. The molecule has 0 atom stereocenters. The van der Waals surface area contributed by atoms with Gasteiger partial charge in [-0.05, 0) is 12.7 Å². The van der Waals surface area contributed by atoms with Gasteiger partial charge in [-0.1, -0.05) is 32.1 Å². The van der Waals surface area contributed by atoms with E-state index in [1.54, 1.807) is 11.8 Å². The van der Waals surface area contributed by atoms with E-state index in [4.69, 9.17) is 0 Å². The highest BCUT2D eigenvalue weighted by molar-refractivity contribution is 8.02. The molecule has 0 nitrogen and oxygen atoms in total. The Labute approximate surface area is 62.0 Å². The summed E-state index contributed by atoms with van der Waals surface area (Å²) in [4.78, 5) is 1.40. The minimum absolute atomic E-state index is 1.14. The van der Waals surface area contributed by atoms with Crippen LogP contribution in [0.1, 0.15) is 20.3 Å². The van der Waals surface area contributed by atoms with Crippen LogP contribution in [0.25, 0.3) is 0 Å². The van der Waals surface area contributed by atoms with Gasteiger partial charge in [0.25, 0.3) is 0 Å². The van der Waals surface area contributed by atoms with E-state index in [1.165, 1.54) is 4.91 Å².